The van der Waals surface area contributed by atoms with Gasteiger partial charge in [0, 0.05) is 40.7 Å². The number of hydrogen-bond donors (Lipinski definition) is 3. The molecule has 1 aliphatic heterocycles. The third-order valence-corrected chi connectivity index (χ3v) is 5.82. The molecule has 12 heteroatoms. The van der Waals surface area contributed by atoms with Crippen molar-refractivity contribution in [2.75, 3.05) is 11.9 Å². The first-order chi connectivity index (χ1) is 15.2. The number of benzene rings is 1. The molecule has 3 aromatic rings. The molecule has 0 aliphatic carbocycles. The molecule has 5 N–H and O–H groups in total. The molecule has 10 nitrogen and oxygen atoms in total. The van der Waals surface area contributed by atoms with Crippen molar-refractivity contribution in [3.63, 3.8) is 0 Å². The van der Waals surface area contributed by atoms with E-state index in [1.807, 2.05) is 19.2 Å². The summed E-state index contributed by atoms with van der Waals surface area (Å²) in [7, 11) is 0. The monoisotopic (exact) mass is 474 g/mol. The van der Waals surface area contributed by atoms with Crippen molar-refractivity contribution >= 4 is 40.6 Å². The van der Waals surface area contributed by atoms with Gasteiger partial charge in [-0.2, -0.15) is 0 Å². The van der Waals surface area contributed by atoms with Crippen LogP contribution in [0, 0.1) is 17.0 Å². The molecule has 0 saturated heterocycles. The molecule has 3 heterocycles. The minimum absolute atomic E-state index is 0.0667. The van der Waals surface area contributed by atoms with Crippen molar-refractivity contribution < 1.29 is 4.92 Å². The van der Waals surface area contributed by atoms with E-state index in [0.29, 0.717) is 32.9 Å². The molecular formula is C20H20Cl2N8O2. The zero-order valence-electron chi connectivity index (χ0n) is 17.0. The van der Waals surface area contributed by atoms with Gasteiger partial charge in [-0.3, -0.25) is 14.5 Å². The highest BCUT2D eigenvalue weighted by atomic mass is 35.5. The van der Waals surface area contributed by atoms with Gasteiger partial charge in [0.2, 0.25) is 5.95 Å². The maximum atomic E-state index is 11.8. The van der Waals surface area contributed by atoms with Gasteiger partial charge in [-0.1, -0.05) is 23.2 Å². The summed E-state index contributed by atoms with van der Waals surface area (Å²) in [6.07, 6.45) is 3.60. The molecule has 1 aliphatic rings. The molecule has 0 spiro atoms. The quantitative estimate of drug-likeness (QED) is 0.366. The fraction of sp³-hybridized carbons (Fsp3) is 0.250. The number of anilines is 1. The lowest BCUT2D eigenvalue weighted by Crippen LogP contribution is -2.54. The second-order valence-corrected chi connectivity index (χ2v) is 8.30. The van der Waals surface area contributed by atoms with Gasteiger partial charge in [0.25, 0.3) is 5.54 Å². The Morgan fingerprint density at radius 3 is 2.78 bits per heavy atom. The van der Waals surface area contributed by atoms with E-state index in [2.05, 4.69) is 20.3 Å². The fourth-order valence-electron chi connectivity index (χ4n) is 3.58. The Hall–Kier alpha value is -3.21. The molecule has 2 unspecified atom stereocenters. The second-order valence-electron chi connectivity index (χ2n) is 7.46. The van der Waals surface area contributed by atoms with Crippen LogP contribution in [0.15, 0.2) is 47.6 Å². The van der Waals surface area contributed by atoms with Gasteiger partial charge in [-0.15, -0.1) is 0 Å². The summed E-state index contributed by atoms with van der Waals surface area (Å²) in [5.41, 5.74) is 12.7. The Bertz CT molecular complexity index is 1270. The van der Waals surface area contributed by atoms with Crippen LogP contribution >= 0.6 is 23.2 Å². The van der Waals surface area contributed by atoms with E-state index >= 15 is 0 Å². The van der Waals surface area contributed by atoms with E-state index < -0.39 is 16.6 Å². The van der Waals surface area contributed by atoms with Crippen LogP contribution < -0.4 is 16.8 Å². The molecule has 0 radical (unpaired) electrons. The molecular weight excluding hydrogens is 455 g/mol. The Balaban J connectivity index is 1.65. The van der Waals surface area contributed by atoms with Crippen LogP contribution in [-0.4, -0.2) is 43.4 Å². The number of nitro groups is 1. The summed E-state index contributed by atoms with van der Waals surface area (Å²) in [6.45, 7) is 2.06. The first-order valence-corrected chi connectivity index (χ1v) is 10.4. The number of aromatic nitrogens is 3. The number of imidazole rings is 1. The lowest BCUT2D eigenvalue weighted by Gasteiger charge is -2.28. The minimum atomic E-state index is -1.57. The van der Waals surface area contributed by atoms with Gasteiger partial charge in [0.05, 0.1) is 16.4 Å². The van der Waals surface area contributed by atoms with Crippen LogP contribution in [-0.2, 0) is 0 Å². The van der Waals surface area contributed by atoms with Gasteiger partial charge in [0.15, 0.2) is 6.17 Å². The number of nitrogens with zero attached hydrogens (tertiary/aromatic N) is 5. The van der Waals surface area contributed by atoms with Gasteiger partial charge < -0.3 is 16.8 Å². The van der Waals surface area contributed by atoms with E-state index in [9.17, 15) is 10.1 Å². The number of aliphatic imine (C=N–C) groups is 1. The van der Waals surface area contributed by atoms with Crippen molar-refractivity contribution in [2.45, 2.75) is 25.0 Å². The number of nitrogens with one attached hydrogen (secondary N) is 1. The molecule has 2 atom stereocenters. The number of rotatable bonds is 6. The first kappa shape index (κ1) is 22.0. The standard InChI is InChI=1S/C20H20Cl2N8O2/c1-11-10-29-17(26-11)9-15(13-3-2-12(21)8-14(13)22)27-19(29)25-7-6-20(30(31)32)5-4-16(23)28-18(20)24/h2-5,8-10,18H,6-7,24H2,1H3,(H2,23,28)(H,25,27). The molecule has 0 amide bonds. The van der Waals surface area contributed by atoms with Crippen molar-refractivity contribution in [3.8, 4) is 11.3 Å². The summed E-state index contributed by atoms with van der Waals surface area (Å²) in [6, 6.07) is 6.95. The predicted octanol–water partition coefficient (Wildman–Crippen LogP) is 3.04. The normalized spacial score (nSPS) is 20.4. The highest BCUT2D eigenvalue weighted by Gasteiger charge is 2.48. The number of amidine groups is 1. The maximum Gasteiger partial charge on any atom is 0.277 e. The summed E-state index contributed by atoms with van der Waals surface area (Å²) < 4.78 is 1.77. The highest BCUT2D eigenvalue weighted by molar-refractivity contribution is 6.36. The summed E-state index contributed by atoms with van der Waals surface area (Å²) in [5, 5.41) is 16.0. The van der Waals surface area contributed by atoms with E-state index in [0.717, 1.165) is 5.69 Å². The van der Waals surface area contributed by atoms with E-state index in [4.69, 9.17) is 34.7 Å². The number of dihydropyridines is 1. The van der Waals surface area contributed by atoms with Gasteiger partial charge in [0.1, 0.15) is 11.5 Å². The largest absolute Gasteiger partial charge is 0.384 e. The van der Waals surface area contributed by atoms with E-state index in [1.54, 1.807) is 22.6 Å². The van der Waals surface area contributed by atoms with Crippen molar-refractivity contribution in [3.05, 3.63) is 68.5 Å². The SMILES string of the molecule is Cc1cn2c(NCCC3([N+](=O)[O-])C=CC(N)=NC3N)nc(-c3ccc(Cl)cc3Cl)cc2n1. The van der Waals surface area contributed by atoms with Gasteiger partial charge >= 0.3 is 0 Å². The Morgan fingerprint density at radius 1 is 1.31 bits per heavy atom. The Kier molecular flexibility index (Phi) is 5.76. The third kappa shape index (κ3) is 3.99. The topological polar surface area (TPSA) is 150 Å². The van der Waals surface area contributed by atoms with Crippen LogP contribution in [0.5, 0.6) is 0 Å². The number of hydrogen-bond acceptors (Lipinski definition) is 8. The lowest BCUT2D eigenvalue weighted by molar-refractivity contribution is -0.559. The highest BCUT2D eigenvalue weighted by Crippen LogP contribution is 2.31. The van der Waals surface area contributed by atoms with Crippen LogP contribution in [0.25, 0.3) is 16.9 Å². The zero-order valence-corrected chi connectivity index (χ0v) is 18.5. The first-order valence-electron chi connectivity index (χ1n) is 9.68. The zero-order chi connectivity index (χ0) is 23.0. The molecule has 32 heavy (non-hydrogen) atoms. The van der Waals surface area contributed by atoms with Crippen LogP contribution in [0.1, 0.15) is 12.1 Å². The maximum absolute atomic E-state index is 11.8. The molecule has 0 saturated carbocycles. The summed E-state index contributed by atoms with van der Waals surface area (Å²) in [5.74, 6) is 0.617. The average molecular weight is 475 g/mol. The second kappa shape index (κ2) is 8.38. The molecule has 1 aromatic carbocycles. The van der Waals surface area contributed by atoms with Crippen LogP contribution in [0.2, 0.25) is 10.0 Å². The minimum Gasteiger partial charge on any atom is -0.384 e. The summed E-state index contributed by atoms with van der Waals surface area (Å²) in [4.78, 5) is 24.6. The van der Waals surface area contributed by atoms with Crippen molar-refractivity contribution in [2.24, 2.45) is 16.5 Å². The van der Waals surface area contributed by atoms with E-state index in [1.165, 1.54) is 12.2 Å². The number of nitrogens with two attached hydrogens (primary N) is 2. The van der Waals surface area contributed by atoms with E-state index in [-0.39, 0.29) is 18.8 Å². The molecule has 2 aromatic heterocycles. The average Bonchev–Trinajstić information content (AvgIpc) is 3.09. The lowest BCUT2D eigenvalue weighted by atomic mass is 9.90. The molecule has 4 rings (SSSR count). The fourth-order valence-corrected chi connectivity index (χ4v) is 4.09. The number of aryl methyl sites for hydroxylation is 1. The Morgan fingerprint density at radius 2 is 2.09 bits per heavy atom. The van der Waals surface area contributed by atoms with Crippen molar-refractivity contribution in [1.82, 2.24) is 14.4 Å². The van der Waals surface area contributed by atoms with Crippen LogP contribution in [0.3, 0.4) is 0 Å². The van der Waals surface area contributed by atoms with Crippen molar-refractivity contribution in [1.29, 1.82) is 0 Å². The molecule has 0 fully saturated rings. The third-order valence-electron chi connectivity index (χ3n) is 5.27. The molecule has 166 valence electrons. The molecule has 0 bridgehead atoms. The number of fused-ring (bicyclic) bond motifs is 1. The Labute approximate surface area is 193 Å². The smallest absolute Gasteiger partial charge is 0.277 e. The summed E-state index contributed by atoms with van der Waals surface area (Å²) >= 11 is 12.4. The number of halogens is 2. The van der Waals surface area contributed by atoms with Gasteiger partial charge in [-0.25, -0.2) is 15.0 Å². The van der Waals surface area contributed by atoms with Crippen LogP contribution in [0.4, 0.5) is 5.95 Å². The predicted molar refractivity (Wildman–Crippen MR) is 125 cm³/mol. The van der Waals surface area contributed by atoms with Gasteiger partial charge in [-0.05, 0) is 37.3 Å².